The van der Waals surface area contributed by atoms with Gasteiger partial charge in [0.2, 0.25) is 15.9 Å². The van der Waals surface area contributed by atoms with Crippen LogP contribution in [0.15, 0.2) is 23.1 Å². The fraction of sp³-hybridized carbons (Fsp3) is 0.593. The van der Waals surface area contributed by atoms with Gasteiger partial charge in [-0.25, -0.2) is 13.6 Å². The Hall–Kier alpha value is -2.12. The van der Waals surface area contributed by atoms with Gasteiger partial charge in [0.05, 0.1) is 0 Å². The summed E-state index contributed by atoms with van der Waals surface area (Å²) in [5, 5.41) is 5.61. The van der Waals surface area contributed by atoms with Crippen LogP contribution in [0.1, 0.15) is 101 Å². The van der Waals surface area contributed by atoms with Gasteiger partial charge in [-0.05, 0) is 71.4 Å². The van der Waals surface area contributed by atoms with Crippen molar-refractivity contribution in [2.75, 3.05) is 0 Å². The van der Waals surface area contributed by atoms with Gasteiger partial charge < -0.3 is 10.3 Å². The van der Waals surface area contributed by atoms with Gasteiger partial charge in [0.15, 0.2) is 0 Å². The number of primary sulfonamides is 1. The molecule has 6 nitrogen and oxygen atoms in total. The normalized spacial score (nSPS) is 16.1. The van der Waals surface area contributed by atoms with Crippen molar-refractivity contribution < 1.29 is 13.2 Å². The lowest BCUT2D eigenvalue weighted by Crippen LogP contribution is -2.27. The second-order valence-corrected chi connectivity index (χ2v) is 13.5. The number of hydrogen-bond acceptors (Lipinski definition) is 3. The number of primary amides is 1. The molecule has 2 aromatic rings. The highest BCUT2D eigenvalue weighted by molar-refractivity contribution is 7.89. The Bertz CT molecular complexity index is 1150. The summed E-state index contributed by atoms with van der Waals surface area (Å²) in [6.07, 6.45) is 5.96. The Morgan fingerprint density at radius 1 is 0.971 bits per heavy atom. The van der Waals surface area contributed by atoms with E-state index in [0.29, 0.717) is 17.2 Å². The van der Waals surface area contributed by atoms with Gasteiger partial charge in [-0.2, -0.15) is 0 Å². The van der Waals surface area contributed by atoms with Crippen LogP contribution in [0.2, 0.25) is 0 Å². The molecule has 4 N–H and O–H groups in total. The van der Waals surface area contributed by atoms with Gasteiger partial charge in [0.25, 0.3) is 0 Å². The molecule has 1 fully saturated rings. The quantitative estimate of drug-likeness (QED) is 0.590. The second-order valence-electron chi connectivity index (χ2n) is 11.9. The molecule has 0 bridgehead atoms. The average Bonchev–Trinajstić information content (AvgIpc) is 3.03. The molecule has 1 aliphatic rings. The zero-order valence-corrected chi connectivity index (χ0v) is 22.6. The number of carbonyl (C=O) groups excluding carboxylic acids is 1. The third-order valence-electron chi connectivity index (χ3n) is 7.09. The van der Waals surface area contributed by atoms with Crippen molar-refractivity contribution in [3.05, 3.63) is 40.6 Å². The topological polar surface area (TPSA) is 108 Å². The van der Waals surface area contributed by atoms with Crippen LogP contribution >= 0.6 is 0 Å². The zero-order valence-electron chi connectivity index (χ0n) is 21.8. The van der Waals surface area contributed by atoms with Crippen LogP contribution in [0.3, 0.4) is 0 Å². The fourth-order valence-corrected chi connectivity index (χ4v) is 6.05. The molecule has 1 heterocycles. The number of rotatable bonds is 5. The molecular weight excluding hydrogens is 446 g/mol. The van der Waals surface area contributed by atoms with E-state index in [1.54, 1.807) is 6.07 Å². The molecule has 1 aromatic carbocycles. The molecule has 0 atom stereocenters. The van der Waals surface area contributed by atoms with E-state index in [9.17, 15) is 13.2 Å². The maximum atomic E-state index is 12.6. The van der Waals surface area contributed by atoms with Gasteiger partial charge in [0.1, 0.15) is 4.90 Å². The molecule has 0 aliphatic heterocycles. The van der Waals surface area contributed by atoms with Crippen LogP contribution in [0, 0.1) is 12.8 Å². The number of benzene rings is 1. The molecule has 1 aliphatic carbocycles. The summed E-state index contributed by atoms with van der Waals surface area (Å²) in [5.41, 5.74) is 9.87. The number of nitrogens with zero attached hydrogens (tertiary/aromatic N) is 1. The lowest BCUT2D eigenvalue weighted by Gasteiger charge is -2.30. The SMILES string of the molecule is Cc1c(S(N)(=O)=O)cc(-c2cc(C(C)(C)C)c(C(N)=O)c(C(C)(C)C)c2)n1CC1CCCCC1. The molecule has 0 unspecified atom stereocenters. The summed E-state index contributed by atoms with van der Waals surface area (Å²) in [5.74, 6) is 0.0568. The monoisotopic (exact) mass is 487 g/mol. The van der Waals surface area contributed by atoms with Crippen LogP contribution < -0.4 is 10.9 Å². The Balaban J connectivity index is 2.34. The molecule has 188 valence electrons. The Morgan fingerprint density at radius 2 is 1.47 bits per heavy atom. The standard InChI is InChI=1S/C27H41N3O3S/c1-17-23(34(29,32)33)15-22(30(17)16-18-11-9-8-10-12-18)19-13-20(26(2,3)4)24(25(28)31)21(14-19)27(5,6)7/h13-15,18H,8-12,16H2,1-7H3,(H2,28,31)(H2,29,32,33). The van der Waals surface area contributed by atoms with Crippen molar-refractivity contribution in [1.29, 1.82) is 0 Å². The van der Waals surface area contributed by atoms with Crippen molar-refractivity contribution >= 4 is 15.9 Å². The molecule has 1 saturated carbocycles. The maximum Gasteiger partial charge on any atom is 0.249 e. The van der Waals surface area contributed by atoms with Crippen molar-refractivity contribution in [2.45, 2.75) is 103 Å². The van der Waals surface area contributed by atoms with Crippen LogP contribution in [-0.2, 0) is 27.4 Å². The summed E-state index contributed by atoms with van der Waals surface area (Å²) < 4.78 is 27.0. The highest BCUT2D eigenvalue weighted by Gasteiger charge is 2.31. The van der Waals surface area contributed by atoms with Crippen molar-refractivity contribution in [2.24, 2.45) is 16.8 Å². The van der Waals surface area contributed by atoms with Crippen LogP contribution in [-0.4, -0.2) is 18.9 Å². The largest absolute Gasteiger partial charge is 0.366 e. The van der Waals surface area contributed by atoms with Crippen LogP contribution in [0.4, 0.5) is 0 Å². The van der Waals surface area contributed by atoms with Crippen LogP contribution in [0.5, 0.6) is 0 Å². The second kappa shape index (κ2) is 9.15. The van der Waals surface area contributed by atoms with Gasteiger partial charge >= 0.3 is 0 Å². The molecule has 3 rings (SSSR count). The molecular formula is C27H41N3O3S. The molecule has 1 aromatic heterocycles. The summed E-state index contributed by atoms with van der Waals surface area (Å²) in [7, 11) is -3.88. The van der Waals surface area contributed by atoms with Crippen molar-refractivity contribution in [3.63, 3.8) is 0 Å². The first-order valence-electron chi connectivity index (χ1n) is 12.2. The molecule has 7 heteroatoms. The number of carbonyl (C=O) groups is 1. The number of amides is 1. The van der Waals surface area contributed by atoms with Gasteiger partial charge in [-0.15, -0.1) is 0 Å². The average molecular weight is 488 g/mol. The Labute approximate surface area is 205 Å². The predicted molar refractivity (Wildman–Crippen MR) is 138 cm³/mol. The minimum Gasteiger partial charge on any atom is -0.366 e. The van der Waals surface area contributed by atoms with E-state index >= 15 is 0 Å². The van der Waals surface area contributed by atoms with E-state index in [-0.39, 0.29) is 15.7 Å². The highest BCUT2D eigenvalue weighted by atomic mass is 32.2. The highest BCUT2D eigenvalue weighted by Crippen LogP contribution is 2.40. The number of nitrogens with two attached hydrogens (primary N) is 2. The van der Waals surface area contributed by atoms with Crippen molar-refractivity contribution in [3.8, 4) is 11.3 Å². The van der Waals surface area contributed by atoms with Crippen molar-refractivity contribution in [1.82, 2.24) is 4.57 Å². The molecule has 0 saturated heterocycles. The first-order valence-corrected chi connectivity index (χ1v) is 13.8. The smallest absolute Gasteiger partial charge is 0.249 e. The molecule has 1 amide bonds. The zero-order chi connectivity index (χ0) is 25.6. The predicted octanol–water partition coefficient (Wildman–Crippen LogP) is 5.39. The minimum atomic E-state index is -3.88. The molecule has 0 spiro atoms. The summed E-state index contributed by atoms with van der Waals surface area (Å²) in [4.78, 5) is 12.8. The van der Waals surface area contributed by atoms with Gasteiger partial charge in [-0.3, -0.25) is 4.79 Å². The number of hydrogen-bond donors (Lipinski definition) is 2. The van der Waals surface area contributed by atoms with Gasteiger partial charge in [0, 0.05) is 23.5 Å². The lowest BCUT2D eigenvalue weighted by molar-refractivity contribution is 0.0996. The van der Waals surface area contributed by atoms with Crippen LogP contribution in [0.25, 0.3) is 11.3 Å². The van der Waals surface area contributed by atoms with E-state index in [2.05, 4.69) is 46.1 Å². The summed E-state index contributed by atoms with van der Waals surface area (Å²) in [6, 6.07) is 5.72. The lowest BCUT2D eigenvalue weighted by atomic mass is 9.74. The van der Waals surface area contributed by atoms with E-state index in [1.165, 1.54) is 19.3 Å². The fourth-order valence-electron chi connectivity index (χ4n) is 5.25. The first kappa shape index (κ1) is 26.5. The molecule has 34 heavy (non-hydrogen) atoms. The van der Waals surface area contributed by atoms with E-state index in [0.717, 1.165) is 41.8 Å². The summed E-state index contributed by atoms with van der Waals surface area (Å²) in [6.45, 7) is 15.0. The molecule has 0 radical (unpaired) electrons. The Kier molecular flexibility index (Phi) is 7.13. The van der Waals surface area contributed by atoms with E-state index < -0.39 is 15.9 Å². The van der Waals surface area contributed by atoms with E-state index in [1.807, 2.05) is 19.1 Å². The Morgan fingerprint density at radius 3 is 1.88 bits per heavy atom. The minimum absolute atomic E-state index is 0.159. The van der Waals surface area contributed by atoms with E-state index in [4.69, 9.17) is 10.9 Å². The first-order chi connectivity index (χ1) is 15.5. The third kappa shape index (κ3) is 5.41. The number of aromatic nitrogens is 1. The summed E-state index contributed by atoms with van der Waals surface area (Å²) >= 11 is 0. The number of sulfonamides is 1. The third-order valence-corrected chi connectivity index (χ3v) is 8.11. The van der Waals surface area contributed by atoms with Gasteiger partial charge in [-0.1, -0.05) is 60.8 Å². The maximum absolute atomic E-state index is 12.6.